The Morgan fingerprint density at radius 1 is 1.12 bits per heavy atom. The first kappa shape index (κ1) is 18.1. The zero-order chi connectivity index (χ0) is 18.7. The van der Waals surface area contributed by atoms with Gasteiger partial charge in [0.25, 0.3) is 0 Å². The summed E-state index contributed by atoms with van der Waals surface area (Å²) in [6.07, 6.45) is 1.04. The summed E-state index contributed by atoms with van der Waals surface area (Å²) in [7, 11) is 0. The third kappa shape index (κ3) is 4.09. The summed E-state index contributed by atoms with van der Waals surface area (Å²) in [4.78, 5) is 23.1. The van der Waals surface area contributed by atoms with Crippen LogP contribution in [0, 0.1) is 0 Å². The highest BCUT2D eigenvalue weighted by molar-refractivity contribution is 6.34. The summed E-state index contributed by atoms with van der Waals surface area (Å²) in [5, 5.41) is 9.62. The van der Waals surface area contributed by atoms with Crippen LogP contribution >= 0.6 is 23.2 Å². The minimum Gasteiger partial charge on any atom is -0.493 e. The van der Waals surface area contributed by atoms with Crippen LogP contribution in [0.4, 0.5) is 0 Å². The van der Waals surface area contributed by atoms with E-state index in [-0.39, 0.29) is 40.9 Å². The lowest BCUT2D eigenvalue weighted by Crippen LogP contribution is -2.06. The Kier molecular flexibility index (Phi) is 5.35. The summed E-state index contributed by atoms with van der Waals surface area (Å²) in [5.41, 5.74) is -0.105. The average Bonchev–Trinajstić information content (AvgIpc) is 2.60. The number of carboxylic acids is 1. The molecule has 0 atom stereocenters. The van der Waals surface area contributed by atoms with Gasteiger partial charge in [0.2, 0.25) is 11.2 Å². The molecule has 0 radical (unpaired) electrons. The number of aliphatic carboxylic acids is 1. The molecule has 0 amide bonds. The van der Waals surface area contributed by atoms with E-state index in [1.807, 2.05) is 0 Å². The van der Waals surface area contributed by atoms with Crippen molar-refractivity contribution in [2.75, 3.05) is 6.61 Å². The first-order valence-electron chi connectivity index (χ1n) is 7.47. The van der Waals surface area contributed by atoms with Gasteiger partial charge < -0.3 is 19.0 Å². The zero-order valence-electron chi connectivity index (χ0n) is 13.2. The van der Waals surface area contributed by atoms with Crippen molar-refractivity contribution in [3.05, 3.63) is 62.9 Å². The second-order valence-corrected chi connectivity index (χ2v) is 6.10. The van der Waals surface area contributed by atoms with Gasteiger partial charge in [0.1, 0.15) is 23.3 Å². The monoisotopic (exact) mass is 394 g/mol. The largest absolute Gasteiger partial charge is 0.493 e. The normalized spacial score (nSPS) is 10.7. The van der Waals surface area contributed by atoms with Crippen LogP contribution < -0.4 is 14.9 Å². The molecule has 134 valence electrons. The molecule has 1 heterocycles. The number of fused-ring (bicyclic) bond motifs is 1. The molecule has 1 N–H and O–H groups in total. The van der Waals surface area contributed by atoms with Crippen molar-refractivity contribution in [1.29, 1.82) is 0 Å². The van der Waals surface area contributed by atoms with E-state index in [9.17, 15) is 9.59 Å². The van der Waals surface area contributed by atoms with Crippen molar-refractivity contribution < 1.29 is 23.8 Å². The number of halogens is 2. The fourth-order valence-electron chi connectivity index (χ4n) is 2.18. The maximum atomic E-state index is 12.6. The zero-order valence-corrected chi connectivity index (χ0v) is 14.7. The third-order valence-corrected chi connectivity index (χ3v) is 3.96. The highest BCUT2D eigenvalue weighted by Crippen LogP contribution is 2.31. The van der Waals surface area contributed by atoms with Crippen LogP contribution in [-0.4, -0.2) is 17.7 Å². The molecule has 0 aliphatic carbocycles. The lowest BCUT2D eigenvalue weighted by Gasteiger charge is -2.09. The number of rotatable bonds is 6. The fourth-order valence-corrected chi connectivity index (χ4v) is 2.50. The SMILES string of the molecule is O=C(O)CCOc1ccc2c(=O)c(Oc3cc(Cl)ccc3Cl)coc2c1. The van der Waals surface area contributed by atoms with Crippen molar-refractivity contribution in [2.45, 2.75) is 6.42 Å². The van der Waals surface area contributed by atoms with E-state index in [0.717, 1.165) is 0 Å². The Balaban J connectivity index is 1.87. The molecular formula is C18H12Cl2O6. The number of hydrogen-bond donors (Lipinski definition) is 1. The predicted molar refractivity (Wildman–Crippen MR) is 96.8 cm³/mol. The summed E-state index contributed by atoms with van der Waals surface area (Å²) < 4.78 is 16.3. The highest BCUT2D eigenvalue weighted by atomic mass is 35.5. The molecule has 26 heavy (non-hydrogen) atoms. The molecule has 0 unspecified atom stereocenters. The van der Waals surface area contributed by atoms with E-state index in [1.54, 1.807) is 18.2 Å². The summed E-state index contributed by atoms with van der Waals surface area (Å²) >= 11 is 11.9. The van der Waals surface area contributed by atoms with Gasteiger partial charge in [0, 0.05) is 17.2 Å². The van der Waals surface area contributed by atoms with E-state index >= 15 is 0 Å². The topological polar surface area (TPSA) is 86.0 Å². The van der Waals surface area contributed by atoms with Gasteiger partial charge in [-0.25, -0.2) is 0 Å². The smallest absolute Gasteiger partial charge is 0.306 e. The molecule has 0 aliphatic rings. The highest BCUT2D eigenvalue weighted by Gasteiger charge is 2.12. The molecule has 0 fully saturated rings. The first-order chi connectivity index (χ1) is 12.4. The second-order valence-electron chi connectivity index (χ2n) is 5.26. The van der Waals surface area contributed by atoms with Crippen molar-refractivity contribution in [3.63, 3.8) is 0 Å². The molecule has 3 aromatic rings. The maximum absolute atomic E-state index is 12.6. The Labute approximate surface area is 157 Å². The van der Waals surface area contributed by atoms with Gasteiger partial charge >= 0.3 is 5.97 Å². The van der Waals surface area contributed by atoms with E-state index in [4.69, 9.17) is 42.2 Å². The predicted octanol–water partition coefficient (Wildman–Crippen LogP) is 4.75. The molecule has 6 nitrogen and oxygen atoms in total. The molecule has 1 aromatic heterocycles. The minimum absolute atomic E-state index is 0.0134. The molecule has 0 spiro atoms. The van der Waals surface area contributed by atoms with Crippen molar-refractivity contribution in [3.8, 4) is 17.2 Å². The van der Waals surface area contributed by atoms with E-state index < -0.39 is 5.97 Å². The van der Waals surface area contributed by atoms with Gasteiger partial charge in [-0.2, -0.15) is 0 Å². The van der Waals surface area contributed by atoms with Crippen LogP contribution in [0.2, 0.25) is 10.0 Å². The van der Waals surface area contributed by atoms with Gasteiger partial charge in [0.15, 0.2) is 0 Å². The van der Waals surface area contributed by atoms with Crippen LogP contribution in [-0.2, 0) is 4.79 Å². The third-order valence-electron chi connectivity index (χ3n) is 3.41. The van der Waals surface area contributed by atoms with Crippen LogP contribution in [0.15, 0.2) is 51.9 Å². The van der Waals surface area contributed by atoms with Crippen LogP contribution in [0.5, 0.6) is 17.2 Å². The van der Waals surface area contributed by atoms with Crippen LogP contribution in [0.1, 0.15) is 6.42 Å². The molecule has 0 aliphatic heterocycles. The molecule has 2 aromatic carbocycles. The van der Waals surface area contributed by atoms with Crippen molar-refractivity contribution in [2.24, 2.45) is 0 Å². The van der Waals surface area contributed by atoms with Crippen molar-refractivity contribution >= 4 is 40.1 Å². The molecule has 3 rings (SSSR count). The Hall–Kier alpha value is -2.70. The Bertz CT molecular complexity index is 1030. The van der Waals surface area contributed by atoms with Crippen molar-refractivity contribution in [1.82, 2.24) is 0 Å². The lowest BCUT2D eigenvalue weighted by atomic mass is 10.2. The van der Waals surface area contributed by atoms with Gasteiger partial charge in [-0.3, -0.25) is 9.59 Å². The molecule has 8 heteroatoms. The van der Waals surface area contributed by atoms with E-state index in [1.165, 1.54) is 24.5 Å². The maximum Gasteiger partial charge on any atom is 0.306 e. The van der Waals surface area contributed by atoms with Crippen LogP contribution in [0.25, 0.3) is 11.0 Å². The number of carboxylic acid groups (broad SMARTS) is 1. The minimum atomic E-state index is -0.959. The molecule has 0 bridgehead atoms. The first-order valence-corrected chi connectivity index (χ1v) is 8.22. The van der Waals surface area contributed by atoms with Gasteiger partial charge in [-0.15, -0.1) is 0 Å². The number of carbonyl (C=O) groups is 1. The Morgan fingerprint density at radius 3 is 2.69 bits per heavy atom. The Morgan fingerprint density at radius 2 is 1.92 bits per heavy atom. The van der Waals surface area contributed by atoms with Gasteiger partial charge in [0.05, 0.1) is 23.4 Å². The van der Waals surface area contributed by atoms with Gasteiger partial charge in [-0.05, 0) is 24.3 Å². The average molecular weight is 395 g/mol. The molecule has 0 saturated heterocycles. The second kappa shape index (κ2) is 7.68. The van der Waals surface area contributed by atoms with E-state index in [0.29, 0.717) is 15.8 Å². The standard InChI is InChI=1S/C18H12Cl2O6/c19-10-1-4-13(20)15(7-10)26-16-9-25-14-8-11(24-6-5-17(21)22)2-3-12(14)18(16)23/h1-4,7-9H,5-6H2,(H,21,22). The van der Waals surface area contributed by atoms with Crippen LogP contribution in [0.3, 0.4) is 0 Å². The fraction of sp³-hybridized carbons (Fsp3) is 0.111. The van der Waals surface area contributed by atoms with Gasteiger partial charge in [-0.1, -0.05) is 23.2 Å². The quantitative estimate of drug-likeness (QED) is 0.649. The molecule has 0 saturated carbocycles. The number of hydrogen-bond acceptors (Lipinski definition) is 5. The van der Waals surface area contributed by atoms with E-state index in [2.05, 4.69) is 0 Å². The number of benzene rings is 2. The molecular weight excluding hydrogens is 383 g/mol. The number of ether oxygens (including phenoxy) is 2. The summed E-state index contributed by atoms with van der Waals surface area (Å²) in [6, 6.07) is 9.23. The lowest BCUT2D eigenvalue weighted by molar-refractivity contribution is -0.137. The summed E-state index contributed by atoms with van der Waals surface area (Å²) in [5.74, 6) is -0.368. The summed E-state index contributed by atoms with van der Waals surface area (Å²) in [6.45, 7) is 0.0134.